The third kappa shape index (κ3) is 3.43. The molecule has 0 amide bonds. The highest BCUT2D eigenvalue weighted by Gasteiger charge is 2.22. The number of carbonyl (C=O) groups excluding carboxylic acids is 1. The summed E-state index contributed by atoms with van der Waals surface area (Å²) in [7, 11) is 1.50. The average Bonchev–Trinajstić information content (AvgIpc) is 3.07. The number of hydrogen-bond donors (Lipinski definition) is 2. The number of esters is 1. The van der Waals surface area contributed by atoms with Crippen LogP contribution in [-0.2, 0) is 11.2 Å². The molecular weight excluding hydrogens is 296 g/mol. The maximum Gasteiger partial charge on any atom is 0.350 e. The molecule has 0 fully saturated rings. The predicted octanol–water partition coefficient (Wildman–Crippen LogP) is 1.55. The van der Waals surface area contributed by atoms with Crippen molar-refractivity contribution < 1.29 is 18.8 Å². The average molecular weight is 312 g/mol. The van der Waals surface area contributed by atoms with E-state index >= 15 is 0 Å². The lowest BCUT2D eigenvalue weighted by atomic mass is 10.3. The topological polar surface area (TPSA) is 112 Å². The number of nitrogens with two attached hydrogens (primary N) is 1. The van der Waals surface area contributed by atoms with Gasteiger partial charge in [-0.15, -0.1) is 11.3 Å². The number of ether oxygens (including phenoxy) is 2. The van der Waals surface area contributed by atoms with Crippen molar-refractivity contribution in [3.63, 3.8) is 0 Å². The molecule has 2 rings (SSSR count). The molecule has 0 atom stereocenters. The number of methoxy groups -OCH3 is 1. The van der Waals surface area contributed by atoms with Gasteiger partial charge < -0.3 is 25.0 Å². The van der Waals surface area contributed by atoms with Crippen LogP contribution in [0.25, 0.3) is 0 Å². The first-order valence-corrected chi connectivity index (χ1v) is 7.11. The Morgan fingerprint density at radius 3 is 3.00 bits per heavy atom. The summed E-state index contributed by atoms with van der Waals surface area (Å²) in [5.74, 6) is 0.508. The predicted molar refractivity (Wildman–Crippen MR) is 77.7 cm³/mol. The van der Waals surface area contributed by atoms with E-state index in [4.69, 9.17) is 19.7 Å². The fraction of sp³-hybridized carbons (Fsp3) is 0.417. The molecule has 2 heterocycles. The van der Waals surface area contributed by atoms with Gasteiger partial charge in [0.25, 0.3) is 0 Å². The van der Waals surface area contributed by atoms with Gasteiger partial charge in [-0.3, -0.25) is 0 Å². The Kier molecular flexibility index (Phi) is 4.99. The molecule has 0 aliphatic heterocycles. The van der Waals surface area contributed by atoms with E-state index in [0.29, 0.717) is 41.1 Å². The zero-order valence-electron chi connectivity index (χ0n) is 11.7. The molecule has 0 radical (unpaired) electrons. The molecule has 2 aromatic rings. The standard InChI is InChI=1S/C12H16N4O4S/c1-3-19-12(17)10-8(13)9(18-2)11(21-10)14-5-4-7-15-6-16-20-7/h6,14H,3-5,13H2,1-2H3. The fourth-order valence-corrected chi connectivity index (χ4v) is 2.69. The number of hydrogen-bond acceptors (Lipinski definition) is 9. The lowest BCUT2D eigenvalue weighted by molar-refractivity contribution is 0.0533. The third-order valence-corrected chi connectivity index (χ3v) is 3.72. The van der Waals surface area contributed by atoms with Crippen molar-refractivity contribution in [3.8, 4) is 5.75 Å². The molecule has 0 aromatic carbocycles. The minimum absolute atomic E-state index is 0.279. The number of nitrogens with zero attached hydrogens (tertiary/aromatic N) is 2. The van der Waals surface area contributed by atoms with Gasteiger partial charge >= 0.3 is 5.97 Å². The Morgan fingerprint density at radius 1 is 1.57 bits per heavy atom. The highest BCUT2D eigenvalue weighted by molar-refractivity contribution is 7.19. The molecule has 114 valence electrons. The Morgan fingerprint density at radius 2 is 2.38 bits per heavy atom. The van der Waals surface area contributed by atoms with Gasteiger partial charge in [-0.25, -0.2) is 4.79 Å². The first kappa shape index (κ1) is 15.1. The van der Waals surface area contributed by atoms with Gasteiger partial charge in [0.2, 0.25) is 5.89 Å². The van der Waals surface area contributed by atoms with Gasteiger partial charge in [0.15, 0.2) is 12.1 Å². The van der Waals surface area contributed by atoms with Gasteiger partial charge in [-0.2, -0.15) is 4.98 Å². The number of anilines is 2. The second-order valence-electron chi connectivity index (χ2n) is 3.94. The maximum absolute atomic E-state index is 11.8. The summed E-state index contributed by atoms with van der Waals surface area (Å²) in [4.78, 5) is 16.0. The van der Waals surface area contributed by atoms with E-state index in [2.05, 4.69) is 15.5 Å². The fourth-order valence-electron chi connectivity index (χ4n) is 1.69. The Labute approximate surface area is 125 Å². The molecule has 9 heteroatoms. The van der Waals surface area contributed by atoms with Crippen LogP contribution in [0.1, 0.15) is 22.5 Å². The van der Waals surface area contributed by atoms with Crippen molar-refractivity contribution in [2.75, 3.05) is 31.3 Å². The normalized spacial score (nSPS) is 10.4. The molecule has 0 aliphatic carbocycles. The zero-order chi connectivity index (χ0) is 15.2. The molecule has 0 saturated heterocycles. The molecule has 2 aromatic heterocycles. The van der Waals surface area contributed by atoms with E-state index in [1.54, 1.807) is 6.92 Å². The van der Waals surface area contributed by atoms with E-state index in [1.807, 2.05) is 0 Å². The van der Waals surface area contributed by atoms with Crippen LogP contribution in [0.3, 0.4) is 0 Å². The highest BCUT2D eigenvalue weighted by atomic mass is 32.1. The summed E-state index contributed by atoms with van der Waals surface area (Å²) in [5, 5.41) is 7.33. The van der Waals surface area contributed by atoms with Gasteiger partial charge in [0.1, 0.15) is 15.6 Å². The highest BCUT2D eigenvalue weighted by Crippen LogP contribution is 2.42. The lowest BCUT2D eigenvalue weighted by Gasteiger charge is -2.05. The largest absolute Gasteiger partial charge is 0.492 e. The molecule has 0 spiro atoms. The monoisotopic (exact) mass is 312 g/mol. The summed E-state index contributed by atoms with van der Waals surface area (Å²) >= 11 is 1.19. The van der Waals surface area contributed by atoms with Gasteiger partial charge in [0.05, 0.1) is 13.7 Å². The van der Waals surface area contributed by atoms with Gasteiger partial charge in [0, 0.05) is 13.0 Å². The van der Waals surface area contributed by atoms with Crippen LogP contribution >= 0.6 is 11.3 Å². The van der Waals surface area contributed by atoms with Crippen LogP contribution in [0.2, 0.25) is 0 Å². The molecule has 0 unspecified atom stereocenters. The third-order valence-electron chi connectivity index (χ3n) is 2.60. The van der Waals surface area contributed by atoms with Crippen molar-refractivity contribution in [2.24, 2.45) is 0 Å². The van der Waals surface area contributed by atoms with Crippen molar-refractivity contribution >= 4 is 28.0 Å². The minimum Gasteiger partial charge on any atom is -0.492 e. The van der Waals surface area contributed by atoms with Crippen LogP contribution in [0.4, 0.5) is 10.7 Å². The number of nitrogen functional groups attached to an aromatic ring is 1. The molecule has 8 nitrogen and oxygen atoms in total. The smallest absolute Gasteiger partial charge is 0.350 e. The second kappa shape index (κ2) is 6.93. The molecular formula is C12H16N4O4S. The number of thiophene rings is 1. The summed E-state index contributed by atoms with van der Waals surface area (Å²) in [5.41, 5.74) is 6.19. The number of carbonyl (C=O) groups is 1. The van der Waals surface area contributed by atoms with E-state index < -0.39 is 5.97 Å². The van der Waals surface area contributed by atoms with Crippen molar-refractivity contribution in [1.29, 1.82) is 0 Å². The lowest BCUT2D eigenvalue weighted by Crippen LogP contribution is -2.05. The van der Waals surface area contributed by atoms with E-state index in [9.17, 15) is 4.79 Å². The van der Waals surface area contributed by atoms with Gasteiger partial charge in [-0.1, -0.05) is 5.16 Å². The Hall–Kier alpha value is -2.29. The number of nitrogens with one attached hydrogen (secondary N) is 1. The maximum atomic E-state index is 11.8. The minimum atomic E-state index is -0.455. The first-order valence-electron chi connectivity index (χ1n) is 6.30. The molecule has 0 aliphatic rings. The van der Waals surface area contributed by atoms with E-state index in [-0.39, 0.29) is 5.69 Å². The summed E-state index contributed by atoms with van der Waals surface area (Å²) in [6.07, 6.45) is 1.90. The quantitative estimate of drug-likeness (QED) is 0.740. The van der Waals surface area contributed by atoms with Crippen LogP contribution in [-0.4, -0.2) is 36.4 Å². The van der Waals surface area contributed by atoms with Crippen molar-refractivity contribution in [1.82, 2.24) is 10.1 Å². The van der Waals surface area contributed by atoms with Gasteiger partial charge in [-0.05, 0) is 6.92 Å². The molecule has 0 bridgehead atoms. The van der Waals surface area contributed by atoms with Crippen LogP contribution in [0.15, 0.2) is 10.9 Å². The van der Waals surface area contributed by atoms with E-state index in [0.717, 1.165) is 0 Å². The zero-order valence-corrected chi connectivity index (χ0v) is 12.5. The van der Waals surface area contributed by atoms with Crippen LogP contribution in [0.5, 0.6) is 5.75 Å². The summed E-state index contributed by atoms with van der Waals surface area (Å²) < 4.78 is 15.1. The number of rotatable bonds is 7. The molecule has 0 saturated carbocycles. The van der Waals surface area contributed by atoms with Crippen molar-refractivity contribution in [3.05, 3.63) is 17.1 Å². The second-order valence-corrected chi connectivity index (χ2v) is 4.96. The Bertz CT molecular complexity index is 597. The van der Waals surface area contributed by atoms with Crippen LogP contribution in [0, 0.1) is 0 Å². The number of aromatic nitrogens is 2. The van der Waals surface area contributed by atoms with Crippen LogP contribution < -0.4 is 15.8 Å². The summed E-state index contributed by atoms with van der Waals surface area (Å²) in [6.45, 7) is 2.57. The Balaban J connectivity index is 2.07. The molecule has 3 N–H and O–H groups in total. The summed E-state index contributed by atoms with van der Waals surface area (Å²) in [6, 6.07) is 0. The SMILES string of the molecule is CCOC(=O)c1sc(NCCc2ncno2)c(OC)c1N. The van der Waals surface area contributed by atoms with Crippen molar-refractivity contribution in [2.45, 2.75) is 13.3 Å². The van der Waals surface area contributed by atoms with E-state index in [1.165, 1.54) is 24.8 Å². The molecule has 21 heavy (non-hydrogen) atoms. The first-order chi connectivity index (χ1) is 10.2.